The van der Waals surface area contributed by atoms with Crippen molar-refractivity contribution in [1.82, 2.24) is 4.72 Å². The van der Waals surface area contributed by atoms with E-state index in [4.69, 9.17) is 21.1 Å². The molecule has 0 aromatic heterocycles. The summed E-state index contributed by atoms with van der Waals surface area (Å²) in [6, 6.07) is 11.2. The van der Waals surface area contributed by atoms with Crippen LogP contribution in [0.5, 0.6) is 5.75 Å². The average Bonchev–Trinajstić information content (AvgIpc) is 3.15. The number of carbonyl (C=O) groups excluding carboxylic acids is 1. The van der Waals surface area contributed by atoms with E-state index in [2.05, 4.69) is 40.5 Å². The predicted molar refractivity (Wildman–Crippen MR) is 178 cm³/mol. The minimum atomic E-state index is -4.10. The number of ether oxygens (including phenoxy) is 2. The summed E-state index contributed by atoms with van der Waals surface area (Å²) in [5, 5.41) is 0.734. The van der Waals surface area contributed by atoms with Crippen LogP contribution in [0.2, 0.25) is 5.02 Å². The minimum absolute atomic E-state index is 0.0601. The number of carbonyl (C=O) groups is 1. The zero-order chi connectivity index (χ0) is 32.0. The third-order valence-corrected chi connectivity index (χ3v) is 12.7. The van der Waals surface area contributed by atoms with Crippen molar-refractivity contribution in [2.24, 2.45) is 23.7 Å². The van der Waals surface area contributed by atoms with Gasteiger partial charge in [0.05, 0.1) is 22.8 Å². The third kappa shape index (κ3) is 5.94. The molecule has 1 N–H and O–H groups in total. The molecule has 2 bridgehead atoms. The van der Waals surface area contributed by atoms with Crippen LogP contribution in [0, 0.1) is 23.7 Å². The molecular weight excluding hydrogens is 608 g/mol. The van der Waals surface area contributed by atoms with Crippen LogP contribution >= 0.6 is 11.6 Å². The summed E-state index contributed by atoms with van der Waals surface area (Å²) in [6.07, 6.45) is 12.6. The highest BCUT2D eigenvalue weighted by molar-refractivity contribution is 7.90. The maximum Gasteiger partial charge on any atom is 0.264 e. The lowest BCUT2D eigenvalue weighted by atomic mass is 9.63. The molecule has 7 nitrogen and oxygen atoms in total. The van der Waals surface area contributed by atoms with Crippen LogP contribution in [-0.4, -0.2) is 46.7 Å². The highest BCUT2D eigenvalue weighted by atomic mass is 35.5. The first-order valence-corrected chi connectivity index (χ1v) is 18.1. The topological polar surface area (TPSA) is 84.9 Å². The van der Waals surface area contributed by atoms with Crippen LogP contribution in [0.4, 0.5) is 5.69 Å². The lowest BCUT2D eigenvalue weighted by Gasteiger charge is -2.50. The Hall–Kier alpha value is -2.81. The molecule has 0 unspecified atom stereocenters. The number of benzene rings is 2. The van der Waals surface area contributed by atoms with E-state index in [0.29, 0.717) is 37.7 Å². The van der Waals surface area contributed by atoms with Gasteiger partial charge in [-0.2, -0.15) is 0 Å². The number of sulfonamides is 1. The van der Waals surface area contributed by atoms with E-state index in [1.165, 1.54) is 11.1 Å². The maximum absolute atomic E-state index is 13.6. The Morgan fingerprint density at radius 2 is 2.02 bits per heavy atom. The van der Waals surface area contributed by atoms with Gasteiger partial charge in [-0.25, -0.2) is 13.1 Å². The SMILES string of the molecule is C=CC[C@]1(OC)/C=C/C[C@H](C)[C@@H](C)C(=O)NS(=O)(=O)c2ccc3c(c2)N(C[C@@H]2CC[C@H]21)C[C@@]1(CCCc2cc(Cl)ccc21)CO3. The number of hydrogen-bond donors (Lipinski definition) is 1. The smallest absolute Gasteiger partial charge is 0.264 e. The average molecular weight is 653 g/mol. The lowest BCUT2D eigenvalue weighted by Crippen LogP contribution is -2.53. The van der Waals surface area contributed by atoms with E-state index >= 15 is 0 Å². The molecule has 1 fully saturated rings. The van der Waals surface area contributed by atoms with Crippen molar-refractivity contribution in [3.63, 3.8) is 0 Å². The molecule has 1 spiro atoms. The summed E-state index contributed by atoms with van der Waals surface area (Å²) in [5.41, 5.74) is 2.46. The van der Waals surface area contributed by atoms with E-state index in [-0.39, 0.29) is 22.1 Å². The van der Waals surface area contributed by atoms with Gasteiger partial charge in [0.1, 0.15) is 5.75 Å². The molecule has 242 valence electrons. The summed E-state index contributed by atoms with van der Waals surface area (Å²) in [6.45, 7) is 9.72. The van der Waals surface area contributed by atoms with Crippen molar-refractivity contribution in [2.75, 3.05) is 31.7 Å². The summed E-state index contributed by atoms with van der Waals surface area (Å²) in [4.78, 5) is 15.6. The van der Waals surface area contributed by atoms with Crippen molar-refractivity contribution in [3.8, 4) is 5.75 Å². The highest BCUT2D eigenvalue weighted by Gasteiger charge is 2.48. The Labute approximate surface area is 273 Å². The Kier molecular flexibility index (Phi) is 8.87. The van der Waals surface area contributed by atoms with Gasteiger partial charge in [0.25, 0.3) is 10.0 Å². The standard InChI is InChI=1S/C36H45ClN2O5S/c1-5-16-36(43-4)18-6-8-24(2)25(3)34(40)38-45(41,42)29-12-15-33-32(20-29)39(21-27-10-13-31(27)36)22-35(23-44-33)17-7-9-26-19-28(37)11-14-30(26)35/h5-6,11-12,14-15,18-20,24-25,27,31H,1,7-10,13,16-17,21-23H2,2-4H3,(H,38,40)/b18-6+/t24-,25+,27-,31+,35-,36-/m0/s1. The zero-order valence-corrected chi connectivity index (χ0v) is 28.1. The number of fused-ring (bicyclic) bond motifs is 4. The molecule has 2 aliphatic heterocycles. The lowest BCUT2D eigenvalue weighted by molar-refractivity contribution is -0.124. The van der Waals surface area contributed by atoms with Gasteiger partial charge in [0, 0.05) is 36.6 Å². The number of allylic oxidation sites excluding steroid dienone is 1. The number of halogens is 1. The van der Waals surface area contributed by atoms with E-state index in [1.54, 1.807) is 32.2 Å². The quantitative estimate of drug-likeness (QED) is 0.366. The van der Waals surface area contributed by atoms with Crippen molar-refractivity contribution < 1.29 is 22.7 Å². The van der Waals surface area contributed by atoms with Crippen LogP contribution in [0.1, 0.15) is 63.5 Å². The van der Waals surface area contributed by atoms with Gasteiger partial charge >= 0.3 is 0 Å². The number of methoxy groups -OCH3 is 1. The van der Waals surface area contributed by atoms with Crippen molar-refractivity contribution in [2.45, 2.75) is 74.7 Å². The monoisotopic (exact) mass is 652 g/mol. The fourth-order valence-electron chi connectivity index (χ4n) is 8.08. The van der Waals surface area contributed by atoms with Gasteiger partial charge < -0.3 is 14.4 Å². The van der Waals surface area contributed by atoms with Gasteiger partial charge in [0.15, 0.2) is 0 Å². The predicted octanol–water partition coefficient (Wildman–Crippen LogP) is 6.84. The molecule has 2 aromatic carbocycles. The molecule has 2 aliphatic carbocycles. The molecule has 6 atom stereocenters. The van der Waals surface area contributed by atoms with Crippen LogP contribution in [0.25, 0.3) is 0 Å². The molecule has 2 heterocycles. The van der Waals surface area contributed by atoms with Gasteiger partial charge in [-0.3, -0.25) is 4.79 Å². The Balaban J connectivity index is 1.47. The Morgan fingerprint density at radius 3 is 2.76 bits per heavy atom. The fraction of sp³-hybridized carbons (Fsp3) is 0.528. The fourth-order valence-corrected chi connectivity index (χ4v) is 9.35. The summed E-state index contributed by atoms with van der Waals surface area (Å²) < 4.78 is 42.5. The van der Waals surface area contributed by atoms with Gasteiger partial charge in [-0.1, -0.05) is 49.7 Å². The largest absolute Gasteiger partial charge is 0.490 e. The molecule has 6 rings (SSSR count). The molecule has 4 aliphatic rings. The van der Waals surface area contributed by atoms with E-state index in [0.717, 1.165) is 49.4 Å². The van der Waals surface area contributed by atoms with Gasteiger partial charge in [-0.05, 0) is 104 Å². The first kappa shape index (κ1) is 32.1. The first-order valence-electron chi connectivity index (χ1n) is 16.2. The number of hydrogen-bond acceptors (Lipinski definition) is 6. The molecule has 0 radical (unpaired) electrons. The second-order valence-corrected chi connectivity index (χ2v) is 15.8. The molecule has 1 saturated carbocycles. The molecule has 9 heteroatoms. The number of rotatable bonds is 3. The summed E-state index contributed by atoms with van der Waals surface area (Å²) in [7, 11) is -2.32. The second-order valence-electron chi connectivity index (χ2n) is 13.7. The highest BCUT2D eigenvalue weighted by Crippen LogP contribution is 2.50. The normalized spacial score (nSPS) is 33.4. The minimum Gasteiger partial charge on any atom is -0.490 e. The maximum atomic E-state index is 13.6. The molecule has 45 heavy (non-hydrogen) atoms. The van der Waals surface area contributed by atoms with E-state index in [9.17, 15) is 13.2 Å². The molecule has 0 saturated heterocycles. The van der Waals surface area contributed by atoms with E-state index < -0.39 is 27.4 Å². The van der Waals surface area contributed by atoms with Crippen LogP contribution in [0.15, 0.2) is 66.1 Å². The van der Waals surface area contributed by atoms with E-state index in [1.807, 2.05) is 19.1 Å². The molecular formula is C36H45ClN2O5S. The molecule has 1 amide bonds. The summed E-state index contributed by atoms with van der Waals surface area (Å²) >= 11 is 6.43. The van der Waals surface area contributed by atoms with Crippen LogP contribution in [-0.2, 0) is 31.4 Å². The van der Waals surface area contributed by atoms with Crippen molar-refractivity contribution in [3.05, 3.63) is 77.4 Å². The van der Waals surface area contributed by atoms with Gasteiger partial charge in [-0.15, -0.1) is 6.58 Å². The number of aryl methyl sites for hydroxylation is 1. The molecule has 2 aromatic rings. The Bertz CT molecular complexity index is 1610. The number of nitrogens with zero attached hydrogens (tertiary/aromatic N) is 1. The van der Waals surface area contributed by atoms with Crippen molar-refractivity contribution >= 4 is 33.2 Å². The first-order chi connectivity index (χ1) is 21.5. The van der Waals surface area contributed by atoms with Gasteiger partial charge in [0.2, 0.25) is 5.91 Å². The second kappa shape index (κ2) is 12.4. The third-order valence-electron chi connectivity index (χ3n) is 11.1. The Morgan fingerprint density at radius 1 is 1.20 bits per heavy atom. The van der Waals surface area contributed by atoms with Crippen molar-refractivity contribution in [1.29, 1.82) is 0 Å². The van der Waals surface area contributed by atoms with Crippen LogP contribution < -0.4 is 14.4 Å². The number of nitrogens with one attached hydrogen (secondary N) is 1. The summed E-state index contributed by atoms with van der Waals surface area (Å²) in [5.74, 6) is 0.140. The van der Waals surface area contributed by atoms with Crippen LogP contribution in [0.3, 0.4) is 0 Å². The zero-order valence-electron chi connectivity index (χ0n) is 26.6. The number of anilines is 1. The number of amides is 1.